The van der Waals surface area contributed by atoms with E-state index in [0.717, 1.165) is 21.5 Å². The van der Waals surface area contributed by atoms with Crippen LogP contribution in [0.2, 0.25) is 0 Å². The average Bonchev–Trinajstić information content (AvgIpc) is 3.16. The third kappa shape index (κ3) is 4.43. The number of benzene rings is 9. The Balaban J connectivity index is 1.32. The predicted molar refractivity (Wildman–Crippen MR) is 207 cm³/mol. The Morgan fingerprint density at radius 3 is 1.08 bits per heavy atom. The molecule has 0 bridgehead atoms. The van der Waals surface area contributed by atoms with E-state index in [-0.39, 0.29) is 0 Å². The lowest BCUT2D eigenvalue weighted by molar-refractivity contribution is 0.592. The van der Waals surface area contributed by atoms with Crippen LogP contribution in [-0.4, -0.2) is 0 Å². The van der Waals surface area contributed by atoms with Crippen LogP contribution < -0.4 is 15.9 Å². The molecule has 9 rings (SSSR count). The molecule has 48 heavy (non-hydrogen) atoms. The lowest BCUT2D eigenvalue weighted by atomic mass is 9.83. The van der Waals surface area contributed by atoms with Crippen molar-refractivity contribution in [3.8, 4) is 22.3 Å². The summed E-state index contributed by atoms with van der Waals surface area (Å²) in [4.78, 5) is 0. The van der Waals surface area contributed by atoms with Gasteiger partial charge in [-0.2, -0.15) is 0 Å². The van der Waals surface area contributed by atoms with Crippen molar-refractivity contribution in [2.24, 2.45) is 0 Å². The first kappa shape index (κ1) is 28.5. The van der Waals surface area contributed by atoms with Crippen LogP contribution in [0.4, 0.5) is 0 Å². The van der Waals surface area contributed by atoms with Crippen molar-refractivity contribution in [2.75, 3.05) is 0 Å². The fourth-order valence-corrected chi connectivity index (χ4v) is 10.2. The zero-order valence-electron chi connectivity index (χ0n) is 26.3. The monoisotopic (exact) mass is 630 g/mol. The molecule has 0 amide bonds. The standard InChI is InChI=1S/C46H31OP/c47-48(35-17-3-1-4-18-35,36-19-5-2-6-20-36)37-29-27-32(28-30-37)44-40-23-11-13-25-42(40)46(43-26-14-12-24-41(43)44)45-38-21-9-7-15-33(38)31-34-16-8-10-22-39(34)45/h1-31H. The quantitative estimate of drug-likeness (QED) is 0.137. The Kier molecular flexibility index (Phi) is 6.82. The highest BCUT2D eigenvalue weighted by molar-refractivity contribution is 7.85. The van der Waals surface area contributed by atoms with Gasteiger partial charge in [-0.25, -0.2) is 0 Å². The Hall–Kier alpha value is -5.75. The van der Waals surface area contributed by atoms with Crippen molar-refractivity contribution in [3.05, 3.63) is 188 Å². The van der Waals surface area contributed by atoms with E-state index in [1.807, 2.05) is 60.7 Å². The van der Waals surface area contributed by atoms with Gasteiger partial charge in [0.2, 0.25) is 0 Å². The summed E-state index contributed by atoms with van der Waals surface area (Å²) < 4.78 is 15.1. The second kappa shape index (κ2) is 11.5. The van der Waals surface area contributed by atoms with Crippen molar-refractivity contribution < 1.29 is 4.57 Å². The predicted octanol–water partition coefficient (Wildman–Crippen LogP) is 11.3. The zero-order valence-corrected chi connectivity index (χ0v) is 27.1. The lowest BCUT2D eigenvalue weighted by Crippen LogP contribution is -2.24. The van der Waals surface area contributed by atoms with Gasteiger partial charge in [0.1, 0.15) is 0 Å². The number of hydrogen-bond acceptors (Lipinski definition) is 1. The van der Waals surface area contributed by atoms with Gasteiger partial charge in [-0.05, 0) is 71.4 Å². The molecule has 0 fully saturated rings. The van der Waals surface area contributed by atoms with Crippen LogP contribution in [-0.2, 0) is 4.57 Å². The number of hydrogen-bond donors (Lipinski definition) is 0. The normalized spacial score (nSPS) is 11.8. The lowest BCUT2D eigenvalue weighted by Gasteiger charge is -2.22. The molecule has 0 aliphatic carbocycles. The molecule has 226 valence electrons. The second-order valence-electron chi connectivity index (χ2n) is 12.4. The first-order valence-electron chi connectivity index (χ1n) is 16.4. The highest BCUT2D eigenvalue weighted by atomic mass is 31.2. The van der Waals surface area contributed by atoms with Crippen LogP contribution >= 0.6 is 7.14 Å². The topological polar surface area (TPSA) is 17.1 Å². The van der Waals surface area contributed by atoms with Crippen LogP contribution in [0.25, 0.3) is 65.3 Å². The van der Waals surface area contributed by atoms with Crippen LogP contribution in [0, 0.1) is 0 Å². The fraction of sp³-hybridized carbons (Fsp3) is 0. The maximum Gasteiger partial charge on any atom is 0.171 e. The van der Waals surface area contributed by atoms with Crippen molar-refractivity contribution in [3.63, 3.8) is 0 Å². The number of rotatable bonds is 5. The molecule has 0 aliphatic rings. The molecule has 0 heterocycles. The van der Waals surface area contributed by atoms with E-state index in [4.69, 9.17) is 0 Å². The summed E-state index contributed by atoms with van der Waals surface area (Å²) in [5, 5.41) is 12.3. The largest absolute Gasteiger partial charge is 0.309 e. The molecule has 0 spiro atoms. The summed E-state index contributed by atoms with van der Waals surface area (Å²) in [6.07, 6.45) is 0. The molecular weight excluding hydrogens is 599 g/mol. The first-order valence-corrected chi connectivity index (χ1v) is 18.1. The molecule has 1 nitrogen and oxygen atoms in total. The van der Waals surface area contributed by atoms with E-state index in [1.165, 1.54) is 59.8 Å². The van der Waals surface area contributed by atoms with E-state index in [9.17, 15) is 0 Å². The highest BCUT2D eigenvalue weighted by Crippen LogP contribution is 2.48. The molecular formula is C46H31OP. The maximum atomic E-state index is 15.1. The van der Waals surface area contributed by atoms with Gasteiger partial charge in [-0.1, -0.05) is 182 Å². The Labute approximate surface area is 280 Å². The van der Waals surface area contributed by atoms with Crippen LogP contribution in [0.1, 0.15) is 0 Å². The van der Waals surface area contributed by atoms with Crippen molar-refractivity contribution >= 4 is 66.1 Å². The molecule has 9 aromatic carbocycles. The molecule has 0 radical (unpaired) electrons. The van der Waals surface area contributed by atoms with E-state index < -0.39 is 7.14 Å². The maximum absolute atomic E-state index is 15.1. The third-order valence-corrected chi connectivity index (χ3v) is 12.8. The Bertz CT molecular complexity index is 2520. The summed E-state index contributed by atoms with van der Waals surface area (Å²) in [6, 6.07) is 65.6. The zero-order chi connectivity index (χ0) is 32.1. The van der Waals surface area contributed by atoms with Gasteiger partial charge in [-0.3, -0.25) is 0 Å². The van der Waals surface area contributed by atoms with E-state index in [1.54, 1.807) is 0 Å². The smallest absolute Gasteiger partial charge is 0.171 e. The fourth-order valence-electron chi connectivity index (χ4n) is 7.55. The summed E-state index contributed by atoms with van der Waals surface area (Å²) in [5.74, 6) is 0. The van der Waals surface area contributed by atoms with E-state index in [2.05, 4.69) is 127 Å². The van der Waals surface area contributed by atoms with Gasteiger partial charge >= 0.3 is 0 Å². The van der Waals surface area contributed by atoms with Gasteiger partial charge in [-0.15, -0.1) is 0 Å². The first-order chi connectivity index (χ1) is 23.7. The molecule has 0 saturated heterocycles. The number of fused-ring (bicyclic) bond motifs is 4. The van der Waals surface area contributed by atoms with Gasteiger partial charge in [0.15, 0.2) is 7.14 Å². The van der Waals surface area contributed by atoms with Gasteiger partial charge in [0, 0.05) is 15.9 Å². The molecule has 0 atom stereocenters. The summed E-state index contributed by atoms with van der Waals surface area (Å²) in [5.41, 5.74) is 4.82. The van der Waals surface area contributed by atoms with Crippen LogP contribution in [0.15, 0.2) is 188 Å². The van der Waals surface area contributed by atoms with Crippen molar-refractivity contribution in [1.29, 1.82) is 0 Å². The van der Waals surface area contributed by atoms with Gasteiger partial charge in [0.05, 0.1) is 0 Å². The SMILES string of the molecule is O=P(c1ccccc1)(c1ccccc1)c1ccc(-c2c3ccccc3c(-c3c4ccccc4cc4ccccc34)c3ccccc23)cc1. The Morgan fingerprint density at radius 2 is 0.625 bits per heavy atom. The highest BCUT2D eigenvalue weighted by Gasteiger charge is 2.29. The molecule has 0 saturated carbocycles. The van der Waals surface area contributed by atoms with E-state index >= 15 is 4.57 Å². The summed E-state index contributed by atoms with van der Waals surface area (Å²) in [7, 11) is -3.08. The minimum atomic E-state index is -3.08. The summed E-state index contributed by atoms with van der Waals surface area (Å²) >= 11 is 0. The minimum Gasteiger partial charge on any atom is -0.309 e. The van der Waals surface area contributed by atoms with Crippen molar-refractivity contribution in [1.82, 2.24) is 0 Å². The third-order valence-electron chi connectivity index (χ3n) is 9.71. The molecule has 2 heteroatoms. The molecule has 0 aliphatic heterocycles. The molecule has 0 aromatic heterocycles. The van der Waals surface area contributed by atoms with Crippen molar-refractivity contribution in [2.45, 2.75) is 0 Å². The second-order valence-corrected chi connectivity index (χ2v) is 15.1. The Morgan fingerprint density at radius 1 is 0.292 bits per heavy atom. The molecule has 9 aromatic rings. The average molecular weight is 631 g/mol. The molecule has 0 unspecified atom stereocenters. The van der Waals surface area contributed by atoms with Crippen LogP contribution in [0.3, 0.4) is 0 Å². The molecule has 0 N–H and O–H groups in total. The van der Waals surface area contributed by atoms with Gasteiger partial charge in [0.25, 0.3) is 0 Å². The minimum absolute atomic E-state index is 0.830. The van der Waals surface area contributed by atoms with E-state index in [0.29, 0.717) is 0 Å². The van der Waals surface area contributed by atoms with Crippen LogP contribution in [0.5, 0.6) is 0 Å². The summed E-state index contributed by atoms with van der Waals surface area (Å²) in [6.45, 7) is 0. The van der Waals surface area contributed by atoms with Gasteiger partial charge < -0.3 is 4.57 Å².